The van der Waals surface area contributed by atoms with E-state index in [-0.39, 0.29) is 11.5 Å². The maximum atomic E-state index is 11.3. The number of anilines is 1. The van der Waals surface area contributed by atoms with Gasteiger partial charge in [-0.3, -0.25) is 9.59 Å². The highest BCUT2D eigenvalue weighted by atomic mass is 35.5. The molecule has 3 N–H and O–H groups in total. The number of para-hydroxylation sites is 1. The number of hydrogen-bond donors (Lipinski definition) is 2. The van der Waals surface area contributed by atoms with Crippen LogP contribution in [0.25, 0.3) is 0 Å². The molecule has 0 aromatic heterocycles. The maximum absolute atomic E-state index is 11.3. The van der Waals surface area contributed by atoms with Crippen molar-refractivity contribution in [3.05, 3.63) is 29.8 Å². The number of amides is 2. The number of nitrogens with two attached hydrogens (primary N) is 1. The van der Waals surface area contributed by atoms with Crippen molar-refractivity contribution in [3.63, 3.8) is 0 Å². The fourth-order valence-corrected chi connectivity index (χ4v) is 1.09. The number of carbonyl (C=O) groups is 2. The van der Waals surface area contributed by atoms with Crippen LogP contribution in [0.15, 0.2) is 24.3 Å². The molecule has 0 aliphatic rings. The van der Waals surface area contributed by atoms with Crippen LogP contribution in [-0.4, -0.2) is 17.2 Å². The number of benzene rings is 1. The summed E-state index contributed by atoms with van der Waals surface area (Å²) in [7, 11) is 0. The van der Waals surface area contributed by atoms with E-state index < -0.39 is 11.3 Å². The molecule has 2 amide bonds. The van der Waals surface area contributed by atoms with E-state index in [0.717, 1.165) is 0 Å². The highest BCUT2D eigenvalue weighted by Crippen LogP contribution is 2.14. The molecule has 0 bridgehead atoms. The summed E-state index contributed by atoms with van der Waals surface area (Å²) >= 11 is 5.58. The van der Waals surface area contributed by atoms with Crippen molar-refractivity contribution in [3.8, 4) is 0 Å². The monoisotopic (exact) mass is 226 g/mol. The van der Waals surface area contributed by atoms with Crippen molar-refractivity contribution in [1.29, 1.82) is 0 Å². The maximum Gasteiger partial charge on any atom is 0.250 e. The Hall–Kier alpha value is -1.55. The molecule has 1 aromatic rings. The van der Waals surface area contributed by atoms with E-state index in [1.54, 1.807) is 25.1 Å². The number of primary amides is 1. The molecule has 0 fully saturated rings. The zero-order valence-electron chi connectivity index (χ0n) is 8.16. The first-order chi connectivity index (χ1) is 7.02. The normalized spacial score (nSPS) is 11.9. The van der Waals surface area contributed by atoms with Gasteiger partial charge in [-0.2, -0.15) is 0 Å². The molecule has 0 saturated carbocycles. The Bertz CT molecular complexity index is 391. The predicted octanol–water partition coefficient (Wildman–Crippen LogP) is 1.35. The van der Waals surface area contributed by atoms with E-state index in [2.05, 4.69) is 5.32 Å². The Kier molecular flexibility index (Phi) is 3.68. The highest BCUT2D eigenvalue weighted by molar-refractivity contribution is 6.32. The van der Waals surface area contributed by atoms with E-state index >= 15 is 0 Å². The van der Waals surface area contributed by atoms with Crippen molar-refractivity contribution in [2.75, 3.05) is 5.32 Å². The summed E-state index contributed by atoms with van der Waals surface area (Å²) in [5.74, 6) is -0.960. The molecular weight excluding hydrogens is 216 g/mol. The summed E-state index contributed by atoms with van der Waals surface area (Å²) in [5.41, 5.74) is 5.79. The first-order valence-corrected chi connectivity index (χ1v) is 4.79. The summed E-state index contributed by atoms with van der Waals surface area (Å²) in [6.45, 7) is 1.55. The number of nitrogens with one attached hydrogen (secondary N) is 1. The Balaban J connectivity index is 2.94. The molecule has 0 aliphatic heterocycles. The minimum atomic E-state index is -0.661. The Morgan fingerprint density at radius 1 is 1.40 bits per heavy atom. The van der Waals surface area contributed by atoms with Crippen molar-refractivity contribution in [2.24, 2.45) is 5.73 Å². The van der Waals surface area contributed by atoms with Crippen molar-refractivity contribution >= 4 is 29.1 Å². The molecule has 1 rings (SSSR count). The summed E-state index contributed by atoms with van der Waals surface area (Å²) in [4.78, 5) is 22.3. The van der Waals surface area contributed by atoms with E-state index in [9.17, 15) is 9.59 Å². The van der Waals surface area contributed by atoms with Gasteiger partial charge in [0, 0.05) is 0 Å². The predicted molar refractivity (Wildman–Crippen MR) is 58.9 cm³/mol. The van der Waals surface area contributed by atoms with Gasteiger partial charge in [0.15, 0.2) is 0 Å². The summed E-state index contributed by atoms with van der Waals surface area (Å²) in [6, 6.07) is 6.49. The second kappa shape index (κ2) is 4.79. The van der Waals surface area contributed by atoms with Gasteiger partial charge in [-0.05, 0) is 19.1 Å². The first kappa shape index (κ1) is 11.5. The fraction of sp³-hybridized carbons (Fsp3) is 0.200. The molecule has 1 unspecified atom stereocenters. The standard InChI is InChI=1S/C10H11ClN2O2/c1-6(11)10(15)13-8-5-3-2-4-7(8)9(12)14/h2-6H,1H3,(H2,12,14)(H,13,15). The molecule has 0 heterocycles. The lowest BCUT2D eigenvalue weighted by Crippen LogP contribution is -2.23. The van der Waals surface area contributed by atoms with Crippen LogP contribution in [0.2, 0.25) is 0 Å². The zero-order chi connectivity index (χ0) is 11.4. The van der Waals surface area contributed by atoms with Crippen LogP contribution in [0.5, 0.6) is 0 Å². The molecule has 80 valence electrons. The number of halogens is 1. The SMILES string of the molecule is CC(Cl)C(=O)Nc1ccccc1C(N)=O. The summed E-state index contributed by atoms with van der Waals surface area (Å²) in [6.07, 6.45) is 0. The highest BCUT2D eigenvalue weighted by Gasteiger charge is 2.13. The molecular formula is C10H11ClN2O2. The van der Waals surface area contributed by atoms with Crippen LogP contribution in [0.3, 0.4) is 0 Å². The van der Waals surface area contributed by atoms with Crippen LogP contribution < -0.4 is 11.1 Å². The molecule has 4 nitrogen and oxygen atoms in total. The molecule has 0 saturated heterocycles. The third-order valence-electron chi connectivity index (χ3n) is 1.81. The van der Waals surface area contributed by atoms with Crippen LogP contribution in [0.4, 0.5) is 5.69 Å². The molecule has 15 heavy (non-hydrogen) atoms. The van der Waals surface area contributed by atoms with Crippen LogP contribution in [0, 0.1) is 0 Å². The van der Waals surface area contributed by atoms with Crippen LogP contribution >= 0.6 is 11.6 Å². The Labute approximate surface area is 92.4 Å². The topological polar surface area (TPSA) is 72.2 Å². The van der Waals surface area contributed by atoms with Crippen LogP contribution in [-0.2, 0) is 4.79 Å². The summed E-state index contributed by atoms with van der Waals surface area (Å²) < 4.78 is 0. The lowest BCUT2D eigenvalue weighted by Gasteiger charge is -2.09. The largest absolute Gasteiger partial charge is 0.366 e. The minimum Gasteiger partial charge on any atom is -0.366 e. The Morgan fingerprint density at radius 2 is 2.00 bits per heavy atom. The van der Waals surface area contributed by atoms with Gasteiger partial charge < -0.3 is 11.1 Å². The lowest BCUT2D eigenvalue weighted by atomic mass is 10.1. The van der Waals surface area contributed by atoms with Crippen molar-refractivity contribution < 1.29 is 9.59 Å². The second-order valence-electron chi connectivity index (χ2n) is 3.02. The number of rotatable bonds is 3. The van der Waals surface area contributed by atoms with Crippen molar-refractivity contribution in [2.45, 2.75) is 12.3 Å². The molecule has 0 radical (unpaired) electrons. The van der Waals surface area contributed by atoms with E-state index in [1.807, 2.05) is 0 Å². The third kappa shape index (κ3) is 2.95. The van der Waals surface area contributed by atoms with E-state index in [0.29, 0.717) is 5.69 Å². The number of carbonyl (C=O) groups excluding carboxylic acids is 2. The average molecular weight is 227 g/mol. The molecule has 5 heteroatoms. The third-order valence-corrected chi connectivity index (χ3v) is 2.01. The second-order valence-corrected chi connectivity index (χ2v) is 3.67. The van der Waals surface area contributed by atoms with Crippen molar-refractivity contribution in [1.82, 2.24) is 0 Å². The van der Waals surface area contributed by atoms with Gasteiger partial charge in [-0.15, -0.1) is 11.6 Å². The van der Waals surface area contributed by atoms with Gasteiger partial charge in [0.25, 0.3) is 5.91 Å². The van der Waals surface area contributed by atoms with Gasteiger partial charge in [-0.1, -0.05) is 12.1 Å². The van der Waals surface area contributed by atoms with Crippen LogP contribution in [0.1, 0.15) is 17.3 Å². The minimum absolute atomic E-state index is 0.267. The zero-order valence-corrected chi connectivity index (χ0v) is 8.91. The smallest absolute Gasteiger partial charge is 0.250 e. The number of hydrogen-bond acceptors (Lipinski definition) is 2. The van der Waals surface area contributed by atoms with Gasteiger partial charge >= 0.3 is 0 Å². The van der Waals surface area contributed by atoms with E-state index in [4.69, 9.17) is 17.3 Å². The number of alkyl halides is 1. The van der Waals surface area contributed by atoms with Gasteiger partial charge in [0.05, 0.1) is 11.3 Å². The summed E-state index contributed by atoms with van der Waals surface area (Å²) in [5, 5.41) is 1.86. The van der Waals surface area contributed by atoms with Gasteiger partial charge in [0.2, 0.25) is 5.91 Å². The quantitative estimate of drug-likeness (QED) is 0.764. The van der Waals surface area contributed by atoms with Gasteiger partial charge in [0.1, 0.15) is 5.38 Å². The molecule has 0 aliphatic carbocycles. The van der Waals surface area contributed by atoms with E-state index in [1.165, 1.54) is 6.07 Å². The Morgan fingerprint density at radius 3 is 2.53 bits per heavy atom. The molecule has 1 atom stereocenters. The molecule has 1 aromatic carbocycles. The lowest BCUT2D eigenvalue weighted by molar-refractivity contribution is -0.115. The fourth-order valence-electron chi connectivity index (χ4n) is 1.04. The van der Waals surface area contributed by atoms with Gasteiger partial charge in [-0.25, -0.2) is 0 Å². The molecule has 0 spiro atoms. The average Bonchev–Trinajstić information content (AvgIpc) is 2.18. The first-order valence-electron chi connectivity index (χ1n) is 4.36.